The summed E-state index contributed by atoms with van der Waals surface area (Å²) in [7, 11) is 10.7. The van der Waals surface area contributed by atoms with Gasteiger partial charge in [-0.1, -0.05) is 11.2 Å². The van der Waals surface area contributed by atoms with E-state index in [-0.39, 0.29) is 48.2 Å². The Balaban J connectivity index is 1.62. The summed E-state index contributed by atoms with van der Waals surface area (Å²) in [6.07, 6.45) is 1.67. The summed E-state index contributed by atoms with van der Waals surface area (Å²) in [4.78, 5) is 43.5. The van der Waals surface area contributed by atoms with Crippen LogP contribution in [0.25, 0.3) is 11.5 Å². The molecular formula is C24H32B3N9O5. The molecule has 4 N–H and O–H groups in total. The minimum Gasteiger partial charge on any atom is -0.494 e. The molecule has 0 radical (unpaired) electrons. The molecule has 1 fully saturated rings. The largest absolute Gasteiger partial charge is 0.494 e. The number of likely N-dealkylation sites (N-methyl/N-ethyl adjacent to an activating group) is 1. The highest BCUT2D eigenvalue weighted by Gasteiger charge is 2.30. The first-order valence-electron chi connectivity index (χ1n) is 13.1. The van der Waals surface area contributed by atoms with Gasteiger partial charge in [-0.05, 0) is 44.3 Å². The second-order valence-electron chi connectivity index (χ2n) is 11.0. The van der Waals surface area contributed by atoms with Gasteiger partial charge in [0.1, 0.15) is 23.5 Å². The lowest BCUT2D eigenvalue weighted by atomic mass is 9.49. The zero-order valence-electron chi connectivity index (χ0n) is 24.0. The van der Waals surface area contributed by atoms with Crippen molar-refractivity contribution in [3.63, 3.8) is 0 Å². The van der Waals surface area contributed by atoms with Crippen LogP contribution in [-0.4, -0.2) is 99.5 Å². The van der Waals surface area contributed by atoms with Gasteiger partial charge < -0.3 is 35.4 Å². The lowest BCUT2D eigenvalue weighted by molar-refractivity contribution is -0.122. The molecule has 41 heavy (non-hydrogen) atoms. The molecule has 0 unspecified atom stereocenters. The van der Waals surface area contributed by atoms with Gasteiger partial charge in [-0.25, -0.2) is 0 Å². The van der Waals surface area contributed by atoms with E-state index in [1.165, 1.54) is 7.11 Å². The fraction of sp³-hybridized carbons (Fsp3) is 0.375. The third kappa shape index (κ3) is 8.07. The van der Waals surface area contributed by atoms with Crippen LogP contribution in [0.2, 0.25) is 0 Å². The number of amides is 3. The zero-order chi connectivity index (χ0) is 29.7. The van der Waals surface area contributed by atoms with E-state index in [4.69, 9.17) is 9.26 Å². The average molecular weight is 559 g/mol. The highest BCUT2D eigenvalue weighted by molar-refractivity contribution is 6.60. The number of rotatable bonds is 12. The number of nitrogens with zero attached hydrogens (tertiary/aromatic N) is 5. The van der Waals surface area contributed by atoms with Crippen molar-refractivity contribution in [2.75, 3.05) is 38.4 Å². The lowest BCUT2D eigenvalue weighted by Crippen LogP contribution is -2.50. The molecule has 3 amide bonds. The SMILES string of the molecule is BC(B)(B)NC(=O)c1nnc(NC(=O)C2CC2)cc1Nc1cccc(-c2nc(CNC(=O)CN(C)C)no2)c1OC. The number of hydrogen-bond acceptors (Lipinski definition) is 11. The maximum Gasteiger partial charge on any atom is 0.272 e. The topological polar surface area (TPSA) is 176 Å². The molecule has 0 bridgehead atoms. The third-order valence-corrected chi connectivity index (χ3v) is 5.79. The van der Waals surface area contributed by atoms with Crippen LogP contribution < -0.4 is 26.0 Å². The number of ether oxygens (including phenoxy) is 1. The summed E-state index contributed by atoms with van der Waals surface area (Å²) in [5, 5.41) is 23.2. The van der Waals surface area contributed by atoms with Gasteiger partial charge in [-0.3, -0.25) is 14.4 Å². The van der Waals surface area contributed by atoms with Crippen LogP contribution in [0.15, 0.2) is 28.8 Å². The first-order chi connectivity index (χ1) is 19.4. The number of hydrogen-bond donors (Lipinski definition) is 4. The highest BCUT2D eigenvalue weighted by Crippen LogP contribution is 2.38. The maximum absolute atomic E-state index is 13.1. The van der Waals surface area contributed by atoms with E-state index in [0.717, 1.165) is 12.8 Å². The summed E-state index contributed by atoms with van der Waals surface area (Å²) >= 11 is 0. The first-order valence-corrected chi connectivity index (χ1v) is 13.1. The smallest absolute Gasteiger partial charge is 0.272 e. The molecule has 0 saturated heterocycles. The van der Waals surface area contributed by atoms with E-state index in [2.05, 4.69) is 41.6 Å². The molecule has 4 rings (SSSR count). The number of anilines is 3. The Bertz CT molecular complexity index is 1440. The second kappa shape index (κ2) is 12.4. The number of nitrogens with one attached hydrogen (secondary N) is 4. The van der Waals surface area contributed by atoms with Crippen molar-refractivity contribution < 1.29 is 23.6 Å². The fourth-order valence-electron chi connectivity index (χ4n) is 3.81. The van der Waals surface area contributed by atoms with Crippen molar-refractivity contribution in [2.24, 2.45) is 5.92 Å². The van der Waals surface area contributed by atoms with Gasteiger partial charge in [0.25, 0.3) is 11.8 Å². The molecular weight excluding hydrogens is 527 g/mol. The van der Waals surface area contributed by atoms with Crippen LogP contribution in [0.1, 0.15) is 29.2 Å². The van der Waals surface area contributed by atoms with Crippen molar-refractivity contribution in [1.29, 1.82) is 0 Å². The monoisotopic (exact) mass is 559 g/mol. The van der Waals surface area contributed by atoms with Gasteiger partial charge in [-0.2, -0.15) is 4.98 Å². The summed E-state index contributed by atoms with van der Waals surface area (Å²) in [6, 6.07) is 6.79. The van der Waals surface area contributed by atoms with Gasteiger partial charge in [0.05, 0.1) is 37.1 Å². The maximum atomic E-state index is 13.1. The minimum absolute atomic E-state index is 0.0327. The predicted molar refractivity (Wildman–Crippen MR) is 159 cm³/mol. The van der Waals surface area contributed by atoms with Crippen LogP contribution in [-0.2, 0) is 16.1 Å². The van der Waals surface area contributed by atoms with Gasteiger partial charge in [0, 0.05) is 12.0 Å². The molecule has 1 aromatic carbocycles. The molecule has 0 spiro atoms. The minimum atomic E-state index is -0.520. The Morgan fingerprint density at radius 3 is 2.56 bits per heavy atom. The summed E-state index contributed by atoms with van der Waals surface area (Å²) < 4.78 is 11.2. The molecule has 3 aromatic rings. The Morgan fingerprint density at radius 1 is 1.15 bits per heavy atom. The molecule has 17 heteroatoms. The van der Waals surface area contributed by atoms with Crippen LogP contribution in [0, 0.1) is 5.92 Å². The molecule has 1 aliphatic carbocycles. The standard InChI is InChI=1S/C24H32B3N9O5/c1-36(2)11-18(37)28-10-17-31-23(41-35-17)13-5-4-6-14(20(13)40-3)29-15-9-16(30-21(38)12-7-8-12)33-34-19(15)22(39)32-24(25,26)27/h4-6,9,12H,7-8,10-11,25-27H2,1-3H3,(H,28,37)(H,32,39)(H2,29,30,33,38). The second-order valence-corrected chi connectivity index (χ2v) is 11.0. The van der Waals surface area contributed by atoms with Crippen LogP contribution in [0.3, 0.4) is 0 Å². The molecule has 212 valence electrons. The Hall–Kier alpha value is -4.40. The Kier molecular flexibility index (Phi) is 8.96. The highest BCUT2D eigenvalue weighted by atomic mass is 16.5. The summed E-state index contributed by atoms with van der Waals surface area (Å²) in [5.74, 6) is 0.264. The van der Waals surface area contributed by atoms with E-state index in [9.17, 15) is 14.4 Å². The number of carbonyl (C=O) groups is 3. The molecule has 1 aliphatic rings. The normalized spacial score (nSPS) is 13.0. The Labute approximate surface area is 240 Å². The van der Waals surface area contributed by atoms with E-state index in [1.54, 1.807) is 43.3 Å². The number of benzene rings is 1. The summed E-state index contributed by atoms with van der Waals surface area (Å²) in [5.41, 5.74) is 1.30. The average Bonchev–Trinajstić information content (AvgIpc) is 3.64. The number of methoxy groups -OCH3 is 1. The van der Waals surface area contributed by atoms with E-state index in [0.29, 0.717) is 28.5 Å². The van der Waals surface area contributed by atoms with Gasteiger partial charge in [0.2, 0.25) is 11.8 Å². The van der Waals surface area contributed by atoms with Crippen LogP contribution in [0.5, 0.6) is 5.75 Å². The molecule has 0 atom stereocenters. The molecule has 0 aliphatic heterocycles. The molecule has 14 nitrogen and oxygen atoms in total. The van der Waals surface area contributed by atoms with Crippen molar-refractivity contribution in [2.45, 2.75) is 24.6 Å². The predicted octanol–water partition coefficient (Wildman–Crippen LogP) is -1.95. The van der Waals surface area contributed by atoms with Crippen molar-refractivity contribution in [3.8, 4) is 17.2 Å². The van der Waals surface area contributed by atoms with E-state index in [1.807, 2.05) is 23.5 Å². The fourth-order valence-corrected chi connectivity index (χ4v) is 3.81. The third-order valence-electron chi connectivity index (χ3n) is 5.79. The van der Waals surface area contributed by atoms with Gasteiger partial charge >= 0.3 is 0 Å². The van der Waals surface area contributed by atoms with E-state index >= 15 is 0 Å². The van der Waals surface area contributed by atoms with Crippen LogP contribution >= 0.6 is 0 Å². The molecule has 2 heterocycles. The molecule has 2 aromatic heterocycles. The molecule has 1 saturated carbocycles. The number of carbonyl (C=O) groups excluding carboxylic acids is 3. The summed E-state index contributed by atoms with van der Waals surface area (Å²) in [6.45, 7) is 0.332. The quantitative estimate of drug-likeness (QED) is 0.182. The number of aromatic nitrogens is 4. The van der Waals surface area contributed by atoms with Crippen molar-refractivity contribution in [3.05, 3.63) is 35.8 Å². The lowest BCUT2D eigenvalue weighted by Gasteiger charge is -2.21. The zero-order valence-corrected chi connectivity index (χ0v) is 24.0. The Morgan fingerprint density at radius 2 is 1.90 bits per heavy atom. The van der Waals surface area contributed by atoms with E-state index < -0.39 is 11.1 Å². The van der Waals surface area contributed by atoms with Crippen LogP contribution in [0.4, 0.5) is 17.2 Å². The van der Waals surface area contributed by atoms with Crippen molar-refractivity contribution >= 4 is 58.5 Å². The van der Waals surface area contributed by atoms with Gasteiger partial charge in [0.15, 0.2) is 23.1 Å². The number of para-hydroxylation sites is 1. The van der Waals surface area contributed by atoms with Gasteiger partial charge in [-0.15, -0.1) is 10.2 Å². The van der Waals surface area contributed by atoms with Crippen molar-refractivity contribution in [1.82, 2.24) is 35.9 Å². The first kappa shape index (κ1) is 29.6.